The first-order valence-electron chi connectivity index (χ1n) is 7.32. The zero-order valence-corrected chi connectivity index (χ0v) is 13.9. The molecule has 1 heterocycles. The van der Waals surface area contributed by atoms with Gasteiger partial charge in [-0.15, -0.1) is 0 Å². The Morgan fingerprint density at radius 2 is 1.84 bits per heavy atom. The predicted molar refractivity (Wildman–Crippen MR) is 92.5 cm³/mol. The molecule has 0 aromatic heterocycles. The highest BCUT2D eigenvalue weighted by atomic mass is 35.5. The molecule has 0 aliphatic carbocycles. The fourth-order valence-corrected chi connectivity index (χ4v) is 2.71. The van der Waals surface area contributed by atoms with E-state index in [1.54, 1.807) is 48.5 Å². The zero-order valence-electron chi connectivity index (χ0n) is 13.2. The van der Waals surface area contributed by atoms with Crippen LogP contribution in [0.15, 0.2) is 66.1 Å². The molecule has 0 atom stereocenters. The molecule has 6 heteroatoms. The molecule has 0 saturated carbocycles. The lowest BCUT2D eigenvalue weighted by Gasteiger charge is -2.09. The van der Waals surface area contributed by atoms with Crippen LogP contribution < -0.4 is 0 Å². The molecule has 3 rings (SSSR count). The zero-order chi connectivity index (χ0) is 18.0. The number of halogens is 1. The van der Waals surface area contributed by atoms with Crippen molar-refractivity contribution in [1.29, 1.82) is 0 Å². The molecular weight excluding hydrogens is 344 g/mol. The van der Waals surface area contributed by atoms with Gasteiger partial charge in [-0.3, -0.25) is 0 Å². The number of aliphatic hydroxyl groups is 1. The van der Waals surface area contributed by atoms with Gasteiger partial charge in [-0.1, -0.05) is 54.1 Å². The van der Waals surface area contributed by atoms with Crippen LogP contribution in [0.4, 0.5) is 0 Å². The van der Waals surface area contributed by atoms with E-state index >= 15 is 0 Å². The van der Waals surface area contributed by atoms with E-state index < -0.39 is 17.7 Å². The molecule has 0 bridgehead atoms. The maximum absolute atomic E-state index is 12.3. The minimum atomic E-state index is -0.758. The summed E-state index contributed by atoms with van der Waals surface area (Å²) in [5.41, 5.74) is 0.749. The number of carbonyl (C=O) groups excluding carboxylic acids is 2. The van der Waals surface area contributed by atoms with Crippen molar-refractivity contribution >= 4 is 34.7 Å². The fraction of sp³-hybridized carbons (Fsp3) is 0.0526. The van der Waals surface area contributed by atoms with E-state index in [9.17, 15) is 14.7 Å². The third-order valence-electron chi connectivity index (χ3n) is 3.64. The highest BCUT2D eigenvalue weighted by Gasteiger charge is 2.36. The smallest absolute Gasteiger partial charge is 0.348 e. The van der Waals surface area contributed by atoms with Crippen LogP contribution in [0, 0.1) is 0 Å². The Bertz CT molecular complexity index is 912. The molecular formula is C19H13ClO5. The molecule has 0 radical (unpaired) electrons. The van der Waals surface area contributed by atoms with Crippen molar-refractivity contribution in [3.63, 3.8) is 0 Å². The summed E-state index contributed by atoms with van der Waals surface area (Å²) >= 11 is 5.98. The molecule has 126 valence electrons. The first-order chi connectivity index (χ1) is 12.0. The van der Waals surface area contributed by atoms with Gasteiger partial charge in [0.05, 0.1) is 7.11 Å². The number of benzene rings is 2. The van der Waals surface area contributed by atoms with Crippen LogP contribution in [0.1, 0.15) is 11.1 Å². The Morgan fingerprint density at radius 3 is 2.48 bits per heavy atom. The van der Waals surface area contributed by atoms with Gasteiger partial charge in [-0.05, 0) is 23.3 Å². The molecule has 0 fully saturated rings. The number of ether oxygens (including phenoxy) is 2. The first-order valence-corrected chi connectivity index (χ1v) is 7.70. The van der Waals surface area contributed by atoms with Crippen molar-refractivity contribution in [1.82, 2.24) is 0 Å². The summed E-state index contributed by atoms with van der Waals surface area (Å²) in [4.78, 5) is 24.5. The van der Waals surface area contributed by atoms with Crippen LogP contribution in [0.25, 0.3) is 11.1 Å². The molecule has 0 amide bonds. The van der Waals surface area contributed by atoms with Gasteiger partial charge < -0.3 is 14.6 Å². The van der Waals surface area contributed by atoms with Gasteiger partial charge in [0.2, 0.25) is 0 Å². The van der Waals surface area contributed by atoms with Crippen molar-refractivity contribution < 1.29 is 24.2 Å². The monoisotopic (exact) mass is 356 g/mol. The number of hydrogen-bond donors (Lipinski definition) is 1. The molecule has 25 heavy (non-hydrogen) atoms. The summed E-state index contributed by atoms with van der Waals surface area (Å²) in [6, 6.07) is 14.9. The fourth-order valence-electron chi connectivity index (χ4n) is 2.52. The molecule has 5 nitrogen and oxygen atoms in total. The van der Waals surface area contributed by atoms with Gasteiger partial charge in [0.1, 0.15) is 11.1 Å². The van der Waals surface area contributed by atoms with Crippen molar-refractivity contribution in [2.45, 2.75) is 0 Å². The summed E-state index contributed by atoms with van der Waals surface area (Å²) < 4.78 is 9.97. The Hall–Kier alpha value is -3.05. The summed E-state index contributed by atoms with van der Waals surface area (Å²) in [6.07, 6.45) is 0. The third kappa shape index (κ3) is 3.14. The second kappa shape index (κ2) is 6.83. The number of aliphatic hydroxyl groups excluding tert-OH is 1. The van der Waals surface area contributed by atoms with E-state index in [0.29, 0.717) is 16.1 Å². The quantitative estimate of drug-likeness (QED) is 0.669. The van der Waals surface area contributed by atoms with Gasteiger partial charge in [-0.2, -0.15) is 0 Å². The molecule has 0 saturated heterocycles. The van der Waals surface area contributed by atoms with Crippen molar-refractivity contribution in [3.05, 3.63) is 82.3 Å². The topological polar surface area (TPSA) is 72.8 Å². The van der Waals surface area contributed by atoms with Crippen LogP contribution >= 0.6 is 11.6 Å². The van der Waals surface area contributed by atoms with Gasteiger partial charge in [0.25, 0.3) is 0 Å². The lowest BCUT2D eigenvalue weighted by molar-refractivity contribution is -0.134. The Kier molecular flexibility index (Phi) is 4.59. The van der Waals surface area contributed by atoms with E-state index in [-0.39, 0.29) is 16.9 Å². The third-order valence-corrected chi connectivity index (χ3v) is 3.88. The average Bonchev–Trinajstić information content (AvgIpc) is 2.90. The molecule has 0 spiro atoms. The lowest BCUT2D eigenvalue weighted by atomic mass is 10.0. The highest BCUT2D eigenvalue weighted by molar-refractivity contribution is 6.31. The molecule has 0 unspecified atom stereocenters. The minimum Gasteiger partial charge on any atom is -0.504 e. The van der Waals surface area contributed by atoms with E-state index in [2.05, 4.69) is 0 Å². The number of esters is 2. The second-order valence-corrected chi connectivity index (χ2v) is 5.62. The van der Waals surface area contributed by atoms with Crippen LogP contribution in [0.3, 0.4) is 0 Å². The Morgan fingerprint density at radius 1 is 1.12 bits per heavy atom. The predicted octanol–water partition coefficient (Wildman–Crippen LogP) is 3.75. The summed E-state index contributed by atoms with van der Waals surface area (Å²) in [5.74, 6) is -2.18. The van der Waals surface area contributed by atoms with Crippen LogP contribution in [0.2, 0.25) is 5.02 Å². The second-order valence-electron chi connectivity index (χ2n) is 5.19. The first kappa shape index (κ1) is 16.8. The number of cyclic esters (lactones) is 1. The normalized spacial score (nSPS) is 15.8. The lowest BCUT2D eigenvalue weighted by Crippen LogP contribution is -2.09. The molecule has 2 aromatic carbocycles. The summed E-state index contributed by atoms with van der Waals surface area (Å²) in [7, 11) is 1.20. The maximum Gasteiger partial charge on any atom is 0.348 e. The minimum absolute atomic E-state index is 0.0148. The average molecular weight is 357 g/mol. The van der Waals surface area contributed by atoms with Crippen molar-refractivity contribution in [2.24, 2.45) is 0 Å². The molecule has 1 aliphatic rings. The van der Waals surface area contributed by atoms with E-state index in [4.69, 9.17) is 21.1 Å². The van der Waals surface area contributed by atoms with Gasteiger partial charge in [0, 0.05) is 5.02 Å². The number of hydrogen-bond acceptors (Lipinski definition) is 5. The van der Waals surface area contributed by atoms with E-state index in [1.807, 2.05) is 0 Å². The van der Waals surface area contributed by atoms with Gasteiger partial charge in [-0.25, -0.2) is 9.59 Å². The van der Waals surface area contributed by atoms with E-state index in [0.717, 1.165) is 0 Å². The number of methoxy groups -OCH3 is 1. The standard InChI is InChI=1S/C19H13ClO5/c1-24-18(22)15(12-8-5-9-13(20)10-12)17-16(21)14(19(23)25-17)11-6-3-2-4-7-11/h2-10,21H,1H3/b17-15-. The Balaban J connectivity index is 2.23. The molecule has 2 aromatic rings. The van der Waals surface area contributed by atoms with Crippen LogP contribution in [-0.2, 0) is 19.1 Å². The van der Waals surface area contributed by atoms with Crippen LogP contribution in [-0.4, -0.2) is 24.2 Å². The van der Waals surface area contributed by atoms with Gasteiger partial charge >= 0.3 is 11.9 Å². The largest absolute Gasteiger partial charge is 0.504 e. The van der Waals surface area contributed by atoms with Crippen LogP contribution in [0.5, 0.6) is 0 Å². The van der Waals surface area contributed by atoms with E-state index in [1.165, 1.54) is 13.2 Å². The highest BCUT2D eigenvalue weighted by Crippen LogP contribution is 2.36. The SMILES string of the molecule is COC(=O)/C(=C1\OC(=O)C(c2ccccc2)=C1O)c1cccc(Cl)c1. The number of rotatable bonds is 3. The number of carbonyl (C=O) groups is 2. The Labute approximate surface area is 148 Å². The maximum atomic E-state index is 12.3. The van der Waals surface area contributed by atoms with Crippen molar-refractivity contribution in [3.8, 4) is 0 Å². The summed E-state index contributed by atoms with van der Waals surface area (Å²) in [5, 5.41) is 10.9. The van der Waals surface area contributed by atoms with Crippen molar-refractivity contribution in [2.75, 3.05) is 7.11 Å². The molecule has 1 N–H and O–H groups in total. The van der Waals surface area contributed by atoms with Gasteiger partial charge in [0.15, 0.2) is 11.5 Å². The summed E-state index contributed by atoms with van der Waals surface area (Å²) in [6.45, 7) is 0. The molecule has 1 aliphatic heterocycles.